The number of nitro benzene ring substituents is 1. The van der Waals surface area contributed by atoms with Crippen molar-refractivity contribution in [2.24, 2.45) is 0 Å². The fourth-order valence-corrected chi connectivity index (χ4v) is 1.46. The van der Waals surface area contributed by atoms with E-state index in [-0.39, 0.29) is 16.3 Å². The molecule has 74 valence electrons. The number of nitro groups is 1. The van der Waals surface area contributed by atoms with Crippen LogP contribution in [0.1, 0.15) is 15.9 Å². The standard InChI is InChI=1S/C8H5Cl2NO3/c1-4-5(8(10)12)2-3-6(7(4)9)11(13)14/h2-3H,1H3. The van der Waals surface area contributed by atoms with Crippen LogP contribution in [0, 0.1) is 17.0 Å². The second kappa shape index (κ2) is 3.94. The maximum atomic E-state index is 10.8. The minimum absolute atomic E-state index is 0.0542. The number of carbonyl (C=O) groups excluding carboxylic acids is 1. The summed E-state index contributed by atoms with van der Waals surface area (Å²) in [4.78, 5) is 20.7. The summed E-state index contributed by atoms with van der Waals surface area (Å²) >= 11 is 10.9. The Morgan fingerprint density at radius 2 is 2.07 bits per heavy atom. The summed E-state index contributed by atoms with van der Waals surface area (Å²) in [6, 6.07) is 2.44. The van der Waals surface area contributed by atoms with E-state index in [2.05, 4.69) is 0 Å². The minimum Gasteiger partial charge on any atom is -0.276 e. The van der Waals surface area contributed by atoms with Crippen molar-refractivity contribution in [3.05, 3.63) is 38.4 Å². The van der Waals surface area contributed by atoms with E-state index in [1.54, 1.807) is 0 Å². The van der Waals surface area contributed by atoms with E-state index < -0.39 is 10.2 Å². The van der Waals surface area contributed by atoms with Crippen LogP contribution in [-0.2, 0) is 0 Å². The van der Waals surface area contributed by atoms with Gasteiger partial charge in [-0.1, -0.05) is 11.6 Å². The van der Waals surface area contributed by atoms with Crippen LogP contribution >= 0.6 is 23.2 Å². The van der Waals surface area contributed by atoms with Crippen molar-refractivity contribution in [3.8, 4) is 0 Å². The molecule has 0 heterocycles. The van der Waals surface area contributed by atoms with E-state index in [0.717, 1.165) is 6.07 Å². The van der Waals surface area contributed by atoms with Gasteiger partial charge in [0.25, 0.3) is 10.9 Å². The van der Waals surface area contributed by atoms with Gasteiger partial charge in [-0.05, 0) is 30.2 Å². The van der Waals surface area contributed by atoms with Crippen LogP contribution in [0.3, 0.4) is 0 Å². The van der Waals surface area contributed by atoms with Gasteiger partial charge in [-0.2, -0.15) is 0 Å². The van der Waals surface area contributed by atoms with Crippen LogP contribution in [-0.4, -0.2) is 10.2 Å². The van der Waals surface area contributed by atoms with Crippen molar-refractivity contribution in [2.45, 2.75) is 6.92 Å². The quantitative estimate of drug-likeness (QED) is 0.449. The largest absolute Gasteiger partial charge is 0.288 e. The molecule has 0 spiro atoms. The normalized spacial score (nSPS) is 9.93. The van der Waals surface area contributed by atoms with Crippen LogP contribution in [0.4, 0.5) is 5.69 Å². The highest BCUT2D eigenvalue weighted by Gasteiger charge is 2.18. The summed E-state index contributed by atoms with van der Waals surface area (Å²) in [5.41, 5.74) is 0.272. The molecule has 0 saturated carbocycles. The summed E-state index contributed by atoms with van der Waals surface area (Å²) < 4.78 is 0. The first-order valence-corrected chi connectivity index (χ1v) is 4.34. The SMILES string of the molecule is Cc1c(C(=O)Cl)ccc([N+](=O)[O-])c1Cl. The highest BCUT2D eigenvalue weighted by Crippen LogP contribution is 2.30. The molecule has 14 heavy (non-hydrogen) atoms. The van der Waals surface area contributed by atoms with E-state index in [4.69, 9.17) is 23.2 Å². The molecule has 6 heteroatoms. The van der Waals surface area contributed by atoms with Gasteiger partial charge in [-0.3, -0.25) is 14.9 Å². The molecule has 1 rings (SSSR count). The predicted molar refractivity (Wildman–Crippen MR) is 53.0 cm³/mol. The molecule has 0 N–H and O–H groups in total. The van der Waals surface area contributed by atoms with Crippen LogP contribution < -0.4 is 0 Å². The Labute approximate surface area is 89.6 Å². The van der Waals surface area contributed by atoms with Crippen LogP contribution in [0.25, 0.3) is 0 Å². The third-order valence-electron chi connectivity index (χ3n) is 1.77. The number of nitrogens with zero attached hydrogens (tertiary/aromatic N) is 1. The monoisotopic (exact) mass is 233 g/mol. The Hall–Kier alpha value is -1.13. The number of hydrogen-bond donors (Lipinski definition) is 0. The van der Waals surface area contributed by atoms with Crippen LogP contribution in [0.15, 0.2) is 12.1 Å². The van der Waals surface area contributed by atoms with Crippen LogP contribution in [0.2, 0.25) is 5.02 Å². The number of rotatable bonds is 2. The predicted octanol–water partition coefficient (Wildman–Crippen LogP) is 2.94. The first kappa shape index (κ1) is 10.9. The smallest absolute Gasteiger partial charge is 0.276 e. The number of hydrogen-bond acceptors (Lipinski definition) is 3. The Morgan fingerprint density at radius 3 is 2.50 bits per heavy atom. The topological polar surface area (TPSA) is 60.2 Å². The van der Waals surface area contributed by atoms with Gasteiger partial charge < -0.3 is 0 Å². The lowest BCUT2D eigenvalue weighted by Crippen LogP contribution is -1.97. The Kier molecular flexibility index (Phi) is 3.08. The second-order valence-electron chi connectivity index (χ2n) is 2.60. The average Bonchev–Trinajstić information content (AvgIpc) is 2.08. The van der Waals surface area contributed by atoms with Gasteiger partial charge in [-0.25, -0.2) is 0 Å². The summed E-state index contributed by atoms with van der Waals surface area (Å²) in [6.45, 7) is 1.50. The molecular formula is C8H5Cl2NO3. The van der Waals surface area contributed by atoms with Gasteiger partial charge >= 0.3 is 0 Å². The zero-order valence-corrected chi connectivity index (χ0v) is 8.59. The number of carbonyl (C=O) groups is 1. The van der Waals surface area contributed by atoms with Crippen molar-refractivity contribution >= 4 is 34.1 Å². The first-order chi connectivity index (χ1) is 6.45. The summed E-state index contributed by atoms with van der Waals surface area (Å²) in [5.74, 6) is 0. The van der Waals surface area contributed by atoms with Crippen molar-refractivity contribution in [3.63, 3.8) is 0 Å². The molecule has 0 bridgehead atoms. The molecule has 0 atom stereocenters. The third kappa shape index (κ3) is 1.86. The second-order valence-corrected chi connectivity index (χ2v) is 3.32. The van der Waals surface area contributed by atoms with Gasteiger partial charge in [0.1, 0.15) is 5.02 Å². The minimum atomic E-state index is -0.681. The van der Waals surface area contributed by atoms with Crippen LogP contribution in [0.5, 0.6) is 0 Å². The molecule has 0 saturated heterocycles. The van der Waals surface area contributed by atoms with E-state index in [1.807, 2.05) is 0 Å². The molecule has 0 unspecified atom stereocenters. The number of halogens is 2. The lowest BCUT2D eigenvalue weighted by atomic mass is 10.1. The molecule has 0 aliphatic heterocycles. The molecule has 0 aromatic heterocycles. The molecule has 1 aromatic rings. The summed E-state index contributed by atoms with van der Waals surface area (Å²) in [7, 11) is 0. The lowest BCUT2D eigenvalue weighted by molar-refractivity contribution is -0.384. The molecular weight excluding hydrogens is 229 g/mol. The fourth-order valence-electron chi connectivity index (χ4n) is 1.02. The van der Waals surface area contributed by atoms with Crippen molar-refractivity contribution in [1.82, 2.24) is 0 Å². The zero-order valence-electron chi connectivity index (χ0n) is 7.08. The fraction of sp³-hybridized carbons (Fsp3) is 0.125. The number of benzene rings is 1. The van der Waals surface area contributed by atoms with Gasteiger partial charge in [-0.15, -0.1) is 0 Å². The first-order valence-electron chi connectivity index (χ1n) is 3.58. The zero-order chi connectivity index (χ0) is 10.9. The van der Waals surface area contributed by atoms with Gasteiger partial charge in [0.2, 0.25) is 0 Å². The molecule has 1 aromatic carbocycles. The van der Waals surface area contributed by atoms with Gasteiger partial charge in [0.05, 0.1) is 4.92 Å². The summed E-state index contributed by atoms with van der Waals surface area (Å²) in [5, 5.41) is 9.72. The Balaban J connectivity index is 3.41. The lowest BCUT2D eigenvalue weighted by Gasteiger charge is -2.02. The molecule has 0 radical (unpaired) electrons. The highest BCUT2D eigenvalue weighted by molar-refractivity contribution is 6.68. The maximum absolute atomic E-state index is 10.8. The molecule has 0 amide bonds. The molecule has 0 fully saturated rings. The molecule has 0 aliphatic rings. The van der Waals surface area contributed by atoms with Crippen molar-refractivity contribution in [1.29, 1.82) is 0 Å². The van der Waals surface area contributed by atoms with Crippen molar-refractivity contribution in [2.75, 3.05) is 0 Å². The third-order valence-corrected chi connectivity index (χ3v) is 2.46. The molecule has 0 aliphatic carbocycles. The van der Waals surface area contributed by atoms with E-state index in [0.29, 0.717) is 5.56 Å². The van der Waals surface area contributed by atoms with Gasteiger partial charge in [0.15, 0.2) is 0 Å². The summed E-state index contributed by atoms with van der Waals surface area (Å²) in [6.07, 6.45) is 0. The van der Waals surface area contributed by atoms with Gasteiger partial charge in [0, 0.05) is 11.6 Å². The van der Waals surface area contributed by atoms with Crippen molar-refractivity contribution < 1.29 is 9.72 Å². The average molecular weight is 234 g/mol. The van der Waals surface area contributed by atoms with E-state index >= 15 is 0 Å². The van der Waals surface area contributed by atoms with E-state index in [1.165, 1.54) is 13.0 Å². The maximum Gasteiger partial charge on any atom is 0.288 e. The molecule has 4 nitrogen and oxygen atoms in total. The van der Waals surface area contributed by atoms with E-state index in [9.17, 15) is 14.9 Å². The highest BCUT2D eigenvalue weighted by atomic mass is 35.5. The Morgan fingerprint density at radius 1 is 1.50 bits per heavy atom. The Bertz CT molecular complexity index is 378.